The molecule has 1 aliphatic rings. The van der Waals surface area contributed by atoms with Crippen molar-refractivity contribution in [3.63, 3.8) is 0 Å². The molecule has 0 bridgehead atoms. The summed E-state index contributed by atoms with van der Waals surface area (Å²) >= 11 is 5.74. The van der Waals surface area contributed by atoms with E-state index in [-0.39, 0.29) is 28.2 Å². The second kappa shape index (κ2) is 8.25. The third-order valence-electron chi connectivity index (χ3n) is 3.71. The first kappa shape index (κ1) is 20.1. The average Bonchev–Trinajstić information content (AvgIpc) is 2.47. The molecule has 1 saturated heterocycles. The Labute approximate surface area is 146 Å². The maximum atomic E-state index is 12.7. The highest BCUT2D eigenvalue weighted by atomic mass is 35.5. The lowest BCUT2D eigenvalue weighted by molar-refractivity contribution is -0.387. The summed E-state index contributed by atoms with van der Waals surface area (Å²) < 4.78 is 26.8. The maximum Gasteiger partial charge on any atom is 0.290 e. The number of hydrogen-bond acceptors (Lipinski definition) is 5. The summed E-state index contributed by atoms with van der Waals surface area (Å²) in [5.41, 5.74) is -0.483. The first-order valence-corrected chi connectivity index (χ1v) is 8.76. The van der Waals surface area contributed by atoms with E-state index >= 15 is 0 Å². The average molecular weight is 384 g/mol. The van der Waals surface area contributed by atoms with Gasteiger partial charge >= 0.3 is 0 Å². The molecule has 0 aliphatic carbocycles. The summed E-state index contributed by atoms with van der Waals surface area (Å²) in [6.07, 6.45) is 1.68. The minimum Gasteiger partial charge on any atom is -0.319 e. The van der Waals surface area contributed by atoms with E-state index < -0.39 is 20.6 Å². The molecule has 7 nitrogen and oxygen atoms in total. The van der Waals surface area contributed by atoms with Crippen LogP contribution in [0.4, 0.5) is 5.69 Å². The van der Waals surface area contributed by atoms with Gasteiger partial charge in [0, 0.05) is 24.2 Å². The molecule has 0 spiro atoms. The van der Waals surface area contributed by atoms with E-state index in [2.05, 4.69) is 5.32 Å². The summed E-state index contributed by atoms with van der Waals surface area (Å²) in [4.78, 5) is 10.1. The third-order valence-corrected chi connectivity index (χ3v) is 5.86. The molecule has 0 radical (unpaired) electrons. The van der Waals surface area contributed by atoms with Crippen molar-refractivity contribution < 1.29 is 13.3 Å². The zero-order chi connectivity index (χ0) is 16.3. The summed E-state index contributed by atoms with van der Waals surface area (Å²) in [5.74, 6) is 0.208. The molecule has 23 heavy (non-hydrogen) atoms. The van der Waals surface area contributed by atoms with E-state index in [1.54, 1.807) is 0 Å². The molecule has 1 fully saturated rings. The van der Waals surface area contributed by atoms with Gasteiger partial charge in [-0.05, 0) is 44.5 Å². The monoisotopic (exact) mass is 383 g/mol. The van der Waals surface area contributed by atoms with Crippen LogP contribution in [0.2, 0.25) is 5.02 Å². The number of piperidine rings is 1. The number of halogens is 2. The van der Waals surface area contributed by atoms with E-state index in [9.17, 15) is 18.5 Å². The molecule has 1 aromatic carbocycles. The van der Waals surface area contributed by atoms with E-state index in [1.165, 1.54) is 16.4 Å². The van der Waals surface area contributed by atoms with Crippen LogP contribution in [-0.2, 0) is 10.0 Å². The Morgan fingerprint density at radius 2 is 2.17 bits per heavy atom. The summed E-state index contributed by atoms with van der Waals surface area (Å²) in [6, 6.07) is 3.64. The highest BCUT2D eigenvalue weighted by Crippen LogP contribution is 2.31. The van der Waals surface area contributed by atoms with Crippen LogP contribution < -0.4 is 5.32 Å². The molecule has 0 saturated carbocycles. The number of benzene rings is 1. The van der Waals surface area contributed by atoms with Gasteiger partial charge in [-0.25, -0.2) is 8.42 Å². The SMILES string of the molecule is CNCC1CCCN(S(=O)(=O)c2ccc(Cl)cc2[N+](=O)[O-])C1.Cl. The Hall–Kier alpha value is -0.930. The van der Waals surface area contributed by atoms with Crippen molar-refractivity contribution in [3.05, 3.63) is 33.3 Å². The van der Waals surface area contributed by atoms with E-state index in [0.717, 1.165) is 18.9 Å². The molecular weight excluding hydrogens is 365 g/mol. The van der Waals surface area contributed by atoms with Gasteiger partial charge in [0.1, 0.15) is 0 Å². The molecule has 130 valence electrons. The minimum absolute atomic E-state index is 0. The maximum absolute atomic E-state index is 12.7. The number of nitrogens with one attached hydrogen (secondary N) is 1. The standard InChI is InChI=1S/C13H18ClN3O4S.ClH/c1-15-8-10-3-2-6-16(9-10)22(20,21)13-5-4-11(14)7-12(13)17(18)19;/h4-5,7,10,15H,2-3,6,8-9H2,1H3;1H. The largest absolute Gasteiger partial charge is 0.319 e. The fraction of sp³-hybridized carbons (Fsp3) is 0.538. The van der Waals surface area contributed by atoms with Crippen LogP contribution in [0.3, 0.4) is 0 Å². The molecule has 1 heterocycles. The third kappa shape index (κ3) is 4.54. The first-order valence-electron chi connectivity index (χ1n) is 6.95. The zero-order valence-corrected chi connectivity index (χ0v) is 15.0. The van der Waals surface area contributed by atoms with Gasteiger partial charge in [-0.15, -0.1) is 12.4 Å². The Balaban J connectivity index is 0.00000264. The molecule has 1 aliphatic heterocycles. The summed E-state index contributed by atoms with van der Waals surface area (Å²) in [7, 11) is -2.08. The van der Waals surface area contributed by atoms with Crippen molar-refractivity contribution in [2.45, 2.75) is 17.7 Å². The number of nitro groups is 1. The first-order chi connectivity index (χ1) is 10.4. The van der Waals surface area contributed by atoms with Crippen molar-refractivity contribution >= 4 is 39.7 Å². The zero-order valence-electron chi connectivity index (χ0n) is 12.6. The molecule has 0 amide bonds. The quantitative estimate of drug-likeness (QED) is 0.621. The fourth-order valence-corrected chi connectivity index (χ4v) is 4.55. The van der Waals surface area contributed by atoms with Gasteiger partial charge in [0.15, 0.2) is 4.90 Å². The van der Waals surface area contributed by atoms with Crippen LogP contribution in [0.25, 0.3) is 0 Å². The van der Waals surface area contributed by atoms with Crippen molar-refractivity contribution in [1.82, 2.24) is 9.62 Å². The van der Waals surface area contributed by atoms with E-state index in [0.29, 0.717) is 19.6 Å². The van der Waals surface area contributed by atoms with Crippen LogP contribution >= 0.6 is 24.0 Å². The lowest BCUT2D eigenvalue weighted by Crippen LogP contribution is -2.42. The molecule has 1 aromatic rings. The normalized spacial score (nSPS) is 19.1. The molecule has 1 N–H and O–H groups in total. The van der Waals surface area contributed by atoms with Crippen LogP contribution in [0.5, 0.6) is 0 Å². The van der Waals surface area contributed by atoms with Crippen LogP contribution in [-0.4, -0.2) is 44.3 Å². The van der Waals surface area contributed by atoms with Crippen molar-refractivity contribution in [2.75, 3.05) is 26.7 Å². The number of sulfonamides is 1. The van der Waals surface area contributed by atoms with Gasteiger partial charge in [-0.1, -0.05) is 11.6 Å². The highest BCUT2D eigenvalue weighted by Gasteiger charge is 2.34. The van der Waals surface area contributed by atoms with Crippen molar-refractivity contribution in [2.24, 2.45) is 5.92 Å². The van der Waals surface area contributed by atoms with Gasteiger partial charge in [-0.3, -0.25) is 10.1 Å². The van der Waals surface area contributed by atoms with Gasteiger partial charge < -0.3 is 5.32 Å². The molecule has 0 aromatic heterocycles. The number of nitrogens with zero attached hydrogens (tertiary/aromatic N) is 2. The number of nitro benzene ring substituents is 1. The van der Waals surface area contributed by atoms with Crippen molar-refractivity contribution in [3.8, 4) is 0 Å². The predicted molar refractivity (Wildman–Crippen MR) is 90.8 cm³/mol. The molecule has 10 heteroatoms. The summed E-state index contributed by atoms with van der Waals surface area (Å²) in [5, 5.41) is 14.3. The Kier molecular flexibility index (Phi) is 7.22. The second-order valence-corrected chi connectivity index (χ2v) is 7.64. The lowest BCUT2D eigenvalue weighted by Gasteiger charge is -2.31. The Morgan fingerprint density at radius 1 is 1.48 bits per heavy atom. The van der Waals surface area contributed by atoms with E-state index in [1.807, 2.05) is 7.05 Å². The lowest BCUT2D eigenvalue weighted by atomic mass is 10.00. The Bertz CT molecular complexity index is 667. The van der Waals surface area contributed by atoms with Gasteiger partial charge in [0.25, 0.3) is 5.69 Å². The van der Waals surface area contributed by atoms with Gasteiger partial charge in [-0.2, -0.15) is 4.31 Å². The molecular formula is C13H19Cl2N3O4S. The topological polar surface area (TPSA) is 92.6 Å². The molecule has 1 atom stereocenters. The van der Waals surface area contributed by atoms with Gasteiger partial charge in [0.2, 0.25) is 10.0 Å². The minimum atomic E-state index is -3.90. The van der Waals surface area contributed by atoms with Crippen LogP contribution in [0.1, 0.15) is 12.8 Å². The van der Waals surface area contributed by atoms with Gasteiger partial charge in [0.05, 0.1) is 4.92 Å². The van der Waals surface area contributed by atoms with Crippen molar-refractivity contribution in [1.29, 1.82) is 0 Å². The second-order valence-electron chi connectivity index (χ2n) is 5.30. The molecule has 2 rings (SSSR count). The number of rotatable bonds is 5. The Morgan fingerprint density at radius 3 is 2.78 bits per heavy atom. The smallest absolute Gasteiger partial charge is 0.290 e. The van der Waals surface area contributed by atoms with Crippen LogP contribution in [0, 0.1) is 16.0 Å². The predicted octanol–water partition coefficient (Wildman–Crippen LogP) is 2.29. The molecule has 1 unspecified atom stereocenters. The fourth-order valence-electron chi connectivity index (χ4n) is 2.69. The summed E-state index contributed by atoms with van der Waals surface area (Å²) in [6.45, 7) is 1.46. The van der Waals surface area contributed by atoms with Crippen LogP contribution in [0.15, 0.2) is 23.1 Å². The highest BCUT2D eigenvalue weighted by molar-refractivity contribution is 7.89. The number of hydrogen-bond donors (Lipinski definition) is 1. The van der Waals surface area contributed by atoms with E-state index in [4.69, 9.17) is 11.6 Å².